The first-order valence-corrected chi connectivity index (χ1v) is 17.6. The number of aromatic nitrogens is 1. The highest BCUT2D eigenvalue weighted by Gasteiger charge is 2.41. The molecule has 4 atom stereocenters. The molecule has 10 nitrogen and oxygen atoms in total. The van der Waals surface area contributed by atoms with Crippen LogP contribution in [0, 0.1) is 12.7 Å². The first-order valence-electron chi connectivity index (χ1n) is 17.6. The van der Waals surface area contributed by atoms with Gasteiger partial charge in [-0.15, -0.1) is 0 Å². The van der Waals surface area contributed by atoms with Crippen LogP contribution in [-0.2, 0) is 20.7 Å². The molecule has 268 valence electrons. The smallest absolute Gasteiger partial charge is 0.410 e. The van der Waals surface area contributed by atoms with E-state index in [-0.39, 0.29) is 55.1 Å². The molecule has 0 bridgehead atoms. The van der Waals surface area contributed by atoms with Crippen molar-refractivity contribution in [2.45, 2.75) is 77.7 Å². The Labute approximate surface area is 295 Å². The van der Waals surface area contributed by atoms with Gasteiger partial charge in [0.05, 0.1) is 25.8 Å². The number of carbonyl (C=O) groups excluding carboxylic acids is 2. The van der Waals surface area contributed by atoms with Crippen molar-refractivity contribution in [3.05, 3.63) is 88.9 Å². The third-order valence-electron chi connectivity index (χ3n) is 9.76. The van der Waals surface area contributed by atoms with Gasteiger partial charge in [-0.25, -0.2) is 14.2 Å². The molecule has 3 aromatic rings. The number of nitrogens with zero attached hydrogens (tertiary/aromatic N) is 5. The van der Waals surface area contributed by atoms with Crippen LogP contribution in [0.5, 0.6) is 5.88 Å². The fourth-order valence-corrected chi connectivity index (χ4v) is 7.05. The van der Waals surface area contributed by atoms with Crippen molar-refractivity contribution < 1.29 is 28.2 Å². The van der Waals surface area contributed by atoms with Gasteiger partial charge in [-0.1, -0.05) is 42.0 Å². The average Bonchev–Trinajstić information content (AvgIpc) is 3.07. The highest BCUT2D eigenvalue weighted by atomic mass is 19.1. The highest BCUT2D eigenvalue weighted by Crippen LogP contribution is 2.39. The van der Waals surface area contributed by atoms with Crippen molar-refractivity contribution in [1.29, 1.82) is 0 Å². The van der Waals surface area contributed by atoms with Gasteiger partial charge in [-0.3, -0.25) is 19.5 Å². The summed E-state index contributed by atoms with van der Waals surface area (Å²) in [4.78, 5) is 41.1. The minimum absolute atomic E-state index is 0.0706. The second-order valence-corrected chi connectivity index (χ2v) is 15.0. The van der Waals surface area contributed by atoms with E-state index in [1.807, 2.05) is 62.6 Å². The van der Waals surface area contributed by atoms with Crippen molar-refractivity contribution in [1.82, 2.24) is 19.7 Å². The van der Waals surface area contributed by atoms with Gasteiger partial charge < -0.3 is 19.1 Å². The van der Waals surface area contributed by atoms with Gasteiger partial charge in [0, 0.05) is 50.5 Å². The van der Waals surface area contributed by atoms with E-state index in [0.29, 0.717) is 50.8 Å². The third-order valence-corrected chi connectivity index (χ3v) is 9.76. The molecule has 0 N–H and O–H groups in total. The summed E-state index contributed by atoms with van der Waals surface area (Å²) in [6.45, 7) is 16.0. The normalized spacial score (nSPS) is 23.3. The molecular weight excluding hydrogens is 637 g/mol. The maximum atomic E-state index is 14.8. The van der Waals surface area contributed by atoms with E-state index in [1.165, 1.54) is 12.1 Å². The van der Waals surface area contributed by atoms with E-state index in [0.717, 1.165) is 28.8 Å². The number of fused-ring (bicyclic) bond motifs is 1. The fourth-order valence-electron chi connectivity index (χ4n) is 7.05. The number of carbonyl (C=O) groups is 2. The molecule has 0 spiro atoms. The molecule has 4 heterocycles. The van der Waals surface area contributed by atoms with Crippen LogP contribution in [0.4, 0.5) is 14.9 Å². The number of halogens is 1. The lowest BCUT2D eigenvalue weighted by molar-refractivity contribution is -0.122. The molecule has 2 fully saturated rings. The van der Waals surface area contributed by atoms with Gasteiger partial charge in [-0.2, -0.15) is 0 Å². The van der Waals surface area contributed by atoms with Gasteiger partial charge in [0.2, 0.25) is 11.8 Å². The third kappa shape index (κ3) is 8.45. The minimum atomic E-state index is -0.615. The summed E-state index contributed by atoms with van der Waals surface area (Å²) in [6.07, 6.45) is 1.95. The van der Waals surface area contributed by atoms with Gasteiger partial charge in [-0.05, 0) is 82.9 Å². The van der Waals surface area contributed by atoms with E-state index < -0.39 is 5.60 Å². The zero-order valence-corrected chi connectivity index (χ0v) is 30.1. The Balaban J connectivity index is 1.31. The Morgan fingerprint density at radius 3 is 2.40 bits per heavy atom. The van der Waals surface area contributed by atoms with E-state index in [2.05, 4.69) is 33.8 Å². The molecule has 1 aromatic heterocycles. The van der Waals surface area contributed by atoms with Crippen molar-refractivity contribution in [2.75, 3.05) is 57.4 Å². The number of pyridine rings is 1. The first kappa shape index (κ1) is 35.8. The number of ether oxygens (including phenoxy) is 3. The van der Waals surface area contributed by atoms with Gasteiger partial charge in [0.25, 0.3) is 0 Å². The van der Waals surface area contributed by atoms with Gasteiger partial charge in [0.1, 0.15) is 23.7 Å². The standard InChI is InChI=1S/C39H50FN5O5/c1-26-7-11-31(12-8-26)35-25-49-37-34(18-30(19-41-37)17-29-9-13-32(40)14-10-29)45(35)36(46)23-43-20-27(2)44(38(47)50-39(4,5)6)22-33(43)21-42-15-16-48-24-28(42)3/h7-14,18-19,27-28,33,35H,15-17,20-25H2,1-6H3/t27-,28-,33+,35-/m1/s1. The molecule has 2 aromatic carbocycles. The molecule has 0 unspecified atom stereocenters. The molecule has 3 aliphatic heterocycles. The Kier molecular flexibility index (Phi) is 10.8. The van der Waals surface area contributed by atoms with E-state index >= 15 is 0 Å². The summed E-state index contributed by atoms with van der Waals surface area (Å²) in [5.41, 5.74) is 3.93. The predicted octanol–water partition coefficient (Wildman–Crippen LogP) is 5.62. The minimum Gasteiger partial charge on any atom is -0.474 e. The van der Waals surface area contributed by atoms with Crippen molar-refractivity contribution >= 4 is 17.7 Å². The summed E-state index contributed by atoms with van der Waals surface area (Å²) < 4.78 is 31.4. The topological polar surface area (TPSA) is 87.7 Å². The maximum Gasteiger partial charge on any atom is 0.410 e. The molecule has 3 aliphatic rings. The SMILES string of the molecule is Cc1ccc([C@H]2COc3ncc(Cc4ccc(F)cc4)cc3N2C(=O)CN2C[C@@H](C)N(C(=O)OC(C)(C)C)C[C@@H]2CN2CCOC[C@H]2C)cc1. The van der Waals surface area contributed by atoms with Crippen LogP contribution in [-0.4, -0.2) is 108 Å². The molecule has 0 radical (unpaired) electrons. The molecule has 50 heavy (non-hydrogen) atoms. The van der Waals surface area contributed by atoms with E-state index in [9.17, 15) is 14.0 Å². The van der Waals surface area contributed by atoms with Crippen molar-refractivity contribution in [2.24, 2.45) is 0 Å². The Hall–Kier alpha value is -4.06. The lowest BCUT2D eigenvalue weighted by atomic mass is 10.0. The molecule has 11 heteroatoms. The lowest BCUT2D eigenvalue weighted by Gasteiger charge is -2.48. The Morgan fingerprint density at radius 2 is 1.70 bits per heavy atom. The molecule has 6 rings (SSSR count). The molecule has 2 amide bonds. The number of morpholine rings is 1. The number of hydrogen-bond donors (Lipinski definition) is 0. The highest BCUT2D eigenvalue weighted by molar-refractivity contribution is 5.97. The lowest BCUT2D eigenvalue weighted by Crippen LogP contribution is -2.64. The number of hydrogen-bond acceptors (Lipinski definition) is 8. The van der Waals surface area contributed by atoms with Crippen molar-refractivity contribution in [3.63, 3.8) is 0 Å². The van der Waals surface area contributed by atoms with Crippen LogP contribution in [0.1, 0.15) is 62.9 Å². The van der Waals surface area contributed by atoms with Crippen LogP contribution in [0.3, 0.4) is 0 Å². The molecular formula is C39H50FN5O5. The summed E-state index contributed by atoms with van der Waals surface area (Å²) >= 11 is 0. The number of anilines is 1. The number of aryl methyl sites for hydroxylation is 1. The second-order valence-electron chi connectivity index (χ2n) is 15.0. The Bertz CT molecular complexity index is 1650. The summed E-state index contributed by atoms with van der Waals surface area (Å²) in [5.74, 6) is 0.0521. The fraction of sp³-hybridized carbons (Fsp3) is 0.513. The maximum absolute atomic E-state index is 14.8. The van der Waals surface area contributed by atoms with Crippen LogP contribution in [0.25, 0.3) is 0 Å². The summed E-state index contributed by atoms with van der Waals surface area (Å²) in [7, 11) is 0. The number of rotatable bonds is 7. The van der Waals surface area contributed by atoms with E-state index in [4.69, 9.17) is 14.2 Å². The zero-order valence-electron chi connectivity index (χ0n) is 30.1. The number of piperazine rings is 1. The van der Waals surface area contributed by atoms with Crippen LogP contribution in [0.2, 0.25) is 0 Å². The van der Waals surface area contributed by atoms with Gasteiger partial charge in [0.15, 0.2) is 0 Å². The van der Waals surface area contributed by atoms with Gasteiger partial charge >= 0.3 is 6.09 Å². The van der Waals surface area contributed by atoms with E-state index in [1.54, 1.807) is 18.3 Å². The van der Waals surface area contributed by atoms with Crippen LogP contribution in [0.15, 0.2) is 60.8 Å². The zero-order chi connectivity index (χ0) is 35.6. The molecule has 0 saturated carbocycles. The number of amides is 2. The molecule has 0 aliphatic carbocycles. The quantitative estimate of drug-likeness (QED) is 0.317. The largest absolute Gasteiger partial charge is 0.474 e. The molecule has 2 saturated heterocycles. The monoisotopic (exact) mass is 687 g/mol. The summed E-state index contributed by atoms with van der Waals surface area (Å²) in [6, 6.07) is 16.2. The second kappa shape index (κ2) is 15.0. The van der Waals surface area contributed by atoms with Crippen LogP contribution < -0.4 is 9.64 Å². The average molecular weight is 688 g/mol. The number of benzene rings is 2. The summed E-state index contributed by atoms with van der Waals surface area (Å²) in [5, 5.41) is 0. The Morgan fingerprint density at radius 1 is 0.960 bits per heavy atom. The first-order chi connectivity index (χ1) is 23.8. The predicted molar refractivity (Wildman–Crippen MR) is 190 cm³/mol. The van der Waals surface area contributed by atoms with Crippen molar-refractivity contribution in [3.8, 4) is 5.88 Å². The van der Waals surface area contributed by atoms with Crippen LogP contribution >= 0.6 is 0 Å².